The van der Waals surface area contributed by atoms with Gasteiger partial charge in [0.05, 0.1) is 0 Å². The molecule has 3 N–H and O–H groups in total. The second-order valence-corrected chi connectivity index (χ2v) is 3.96. The number of hydrogen-bond acceptors (Lipinski definition) is 3. The van der Waals surface area contributed by atoms with Gasteiger partial charge in [0, 0.05) is 18.3 Å². The van der Waals surface area contributed by atoms with Crippen molar-refractivity contribution in [1.29, 1.82) is 0 Å². The zero-order valence-electron chi connectivity index (χ0n) is 9.09. The van der Waals surface area contributed by atoms with Crippen LogP contribution in [-0.2, 0) is 6.54 Å². The van der Waals surface area contributed by atoms with Gasteiger partial charge in [0.15, 0.2) is 0 Å². The molecule has 0 unspecified atom stereocenters. The van der Waals surface area contributed by atoms with Crippen LogP contribution in [0.4, 0.5) is 0 Å². The fraction of sp³-hybridized carbons (Fsp3) is 0.600. The Balaban J connectivity index is 2.45. The summed E-state index contributed by atoms with van der Waals surface area (Å²) in [6.07, 6.45) is 2.52. The monoisotopic (exact) mass is 211 g/mol. The van der Waals surface area contributed by atoms with Crippen LogP contribution in [0, 0.1) is 5.92 Å². The standard InChI is InChI=1S/C10H17N3O2/c1-7(2)3-4-11-5-8-6-12-10(15)13-9(8)14/h6-7,11H,3-5H2,1-2H3,(H2,12,13,14,15). The average Bonchev–Trinajstić information content (AvgIpc) is 2.14. The Morgan fingerprint density at radius 3 is 2.73 bits per heavy atom. The van der Waals surface area contributed by atoms with Gasteiger partial charge in [-0.25, -0.2) is 4.79 Å². The first-order valence-corrected chi connectivity index (χ1v) is 5.11. The van der Waals surface area contributed by atoms with Gasteiger partial charge in [0.1, 0.15) is 0 Å². The molecule has 1 aromatic heterocycles. The average molecular weight is 211 g/mol. The van der Waals surface area contributed by atoms with Crippen molar-refractivity contribution < 1.29 is 0 Å². The van der Waals surface area contributed by atoms with Crippen LogP contribution in [0.25, 0.3) is 0 Å². The van der Waals surface area contributed by atoms with E-state index in [1.54, 1.807) is 0 Å². The summed E-state index contributed by atoms with van der Waals surface area (Å²) in [5, 5.41) is 3.15. The molecule has 0 aliphatic rings. The summed E-state index contributed by atoms with van der Waals surface area (Å²) in [5.74, 6) is 0.645. The summed E-state index contributed by atoms with van der Waals surface area (Å²) in [5.41, 5.74) is -0.236. The van der Waals surface area contributed by atoms with Crippen molar-refractivity contribution in [2.75, 3.05) is 6.54 Å². The maximum absolute atomic E-state index is 11.3. The number of aromatic nitrogens is 2. The van der Waals surface area contributed by atoms with Crippen molar-refractivity contribution in [2.24, 2.45) is 5.92 Å². The third kappa shape index (κ3) is 4.12. The molecule has 0 amide bonds. The smallest absolute Gasteiger partial charge is 0.314 e. The molecule has 15 heavy (non-hydrogen) atoms. The molecule has 0 fully saturated rings. The number of aromatic amines is 2. The van der Waals surface area contributed by atoms with Crippen molar-refractivity contribution in [3.8, 4) is 0 Å². The van der Waals surface area contributed by atoms with Crippen LogP contribution in [-0.4, -0.2) is 16.5 Å². The Labute approximate surface area is 87.9 Å². The number of nitrogens with one attached hydrogen (secondary N) is 3. The molecule has 0 aromatic carbocycles. The van der Waals surface area contributed by atoms with E-state index in [0.717, 1.165) is 13.0 Å². The van der Waals surface area contributed by atoms with E-state index in [2.05, 4.69) is 29.1 Å². The van der Waals surface area contributed by atoms with Gasteiger partial charge >= 0.3 is 5.69 Å². The molecule has 1 heterocycles. The highest BCUT2D eigenvalue weighted by Gasteiger charge is 1.99. The maximum Gasteiger partial charge on any atom is 0.325 e. The Morgan fingerprint density at radius 1 is 1.40 bits per heavy atom. The number of H-pyrrole nitrogens is 2. The number of hydrogen-bond donors (Lipinski definition) is 3. The maximum atomic E-state index is 11.3. The van der Waals surface area contributed by atoms with Crippen LogP contribution < -0.4 is 16.6 Å². The first kappa shape index (κ1) is 11.7. The molecular formula is C10H17N3O2. The van der Waals surface area contributed by atoms with E-state index in [-0.39, 0.29) is 5.56 Å². The van der Waals surface area contributed by atoms with Gasteiger partial charge in [-0.15, -0.1) is 0 Å². The molecule has 84 valence electrons. The molecule has 5 nitrogen and oxygen atoms in total. The van der Waals surface area contributed by atoms with Gasteiger partial charge in [-0.2, -0.15) is 0 Å². The third-order valence-electron chi connectivity index (χ3n) is 2.11. The van der Waals surface area contributed by atoms with Crippen molar-refractivity contribution in [1.82, 2.24) is 15.3 Å². The molecule has 0 saturated carbocycles. The zero-order chi connectivity index (χ0) is 11.3. The minimum absolute atomic E-state index is 0.323. The predicted octanol–water partition coefficient (Wildman–Crippen LogP) is 0.199. The van der Waals surface area contributed by atoms with E-state index in [1.165, 1.54) is 6.20 Å². The van der Waals surface area contributed by atoms with Crippen LogP contribution in [0.2, 0.25) is 0 Å². The van der Waals surface area contributed by atoms with E-state index in [4.69, 9.17) is 0 Å². The summed E-state index contributed by atoms with van der Waals surface area (Å²) in [7, 11) is 0. The molecular weight excluding hydrogens is 194 g/mol. The summed E-state index contributed by atoms with van der Waals surface area (Å²) >= 11 is 0. The van der Waals surface area contributed by atoms with E-state index >= 15 is 0 Å². The van der Waals surface area contributed by atoms with Crippen LogP contribution in [0.1, 0.15) is 25.8 Å². The highest BCUT2D eigenvalue weighted by Crippen LogP contribution is 1.96. The van der Waals surface area contributed by atoms with Crippen molar-refractivity contribution >= 4 is 0 Å². The van der Waals surface area contributed by atoms with Crippen LogP contribution in [0.5, 0.6) is 0 Å². The van der Waals surface area contributed by atoms with Crippen LogP contribution in [0.15, 0.2) is 15.8 Å². The Morgan fingerprint density at radius 2 is 2.13 bits per heavy atom. The summed E-state index contributed by atoms with van der Waals surface area (Å²) in [4.78, 5) is 26.6. The minimum Gasteiger partial charge on any atom is -0.314 e. The van der Waals surface area contributed by atoms with Gasteiger partial charge in [0.2, 0.25) is 0 Å². The quantitative estimate of drug-likeness (QED) is 0.609. The van der Waals surface area contributed by atoms with Crippen molar-refractivity contribution in [2.45, 2.75) is 26.8 Å². The van der Waals surface area contributed by atoms with Crippen molar-refractivity contribution in [3.05, 3.63) is 32.6 Å². The van der Waals surface area contributed by atoms with E-state index < -0.39 is 5.69 Å². The molecule has 1 rings (SSSR count). The summed E-state index contributed by atoms with van der Waals surface area (Å²) in [6, 6.07) is 0. The number of rotatable bonds is 5. The lowest BCUT2D eigenvalue weighted by atomic mass is 10.1. The van der Waals surface area contributed by atoms with Gasteiger partial charge in [0.25, 0.3) is 5.56 Å². The van der Waals surface area contributed by atoms with E-state index in [0.29, 0.717) is 18.0 Å². The first-order chi connectivity index (χ1) is 7.09. The molecule has 0 saturated heterocycles. The molecule has 5 heteroatoms. The zero-order valence-corrected chi connectivity index (χ0v) is 9.09. The Bertz CT molecular complexity index is 406. The minimum atomic E-state index is -0.467. The highest BCUT2D eigenvalue weighted by molar-refractivity contribution is 5.02. The molecule has 1 aromatic rings. The van der Waals surface area contributed by atoms with Gasteiger partial charge in [-0.3, -0.25) is 9.78 Å². The highest BCUT2D eigenvalue weighted by atomic mass is 16.2. The lowest BCUT2D eigenvalue weighted by molar-refractivity contribution is 0.536. The van der Waals surface area contributed by atoms with E-state index in [9.17, 15) is 9.59 Å². The SMILES string of the molecule is CC(C)CCNCc1c[nH]c(=O)[nH]c1=O. The largest absolute Gasteiger partial charge is 0.325 e. The second-order valence-electron chi connectivity index (χ2n) is 3.96. The van der Waals surface area contributed by atoms with Crippen LogP contribution in [0.3, 0.4) is 0 Å². The topological polar surface area (TPSA) is 77.8 Å². The molecule has 0 aliphatic heterocycles. The summed E-state index contributed by atoms with van der Waals surface area (Å²) in [6.45, 7) is 5.65. The molecule has 0 atom stereocenters. The summed E-state index contributed by atoms with van der Waals surface area (Å²) < 4.78 is 0. The van der Waals surface area contributed by atoms with Crippen molar-refractivity contribution in [3.63, 3.8) is 0 Å². The predicted molar refractivity (Wildman–Crippen MR) is 58.8 cm³/mol. The molecule has 0 spiro atoms. The van der Waals surface area contributed by atoms with Crippen LogP contribution >= 0.6 is 0 Å². The molecule has 0 radical (unpaired) electrons. The van der Waals surface area contributed by atoms with Gasteiger partial charge < -0.3 is 10.3 Å². The Kier molecular flexibility index (Phi) is 4.30. The molecule has 0 aliphatic carbocycles. The Hall–Kier alpha value is -1.36. The third-order valence-corrected chi connectivity index (χ3v) is 2.11. The normalized spacial score (nSPS) is 10.9. The molecule has 0 bridgehead atoms. The van der Waals surface area contributed by atoms with E-state index in [1.807, 2.05) is 0 Å². The van der Waals surface area contributed by atoms with Gasteiger partial charge in [-0.05, 0) is 18.9 Å². The lowest BCUT2D eigenvalue weighted by Crippen LogP contribution is -2.28. The second kappa shape index (κ2) is 5.50. The fourth-order valence-corrected chi connectivity index (χ4v) is 1.18. The fourth-order valence-electron chi connectivity index (χ4n) is 1.18. The lowest BCUT2D eigenvalue weighted by Gasteiger charge is -2.05. The van der Waals surface area contributed by atoms with Gasteiger partial charge in [-0.1, -0.05) is 13.8 Å². The first-order valence-electron chi connectivity index (χ1n) is 5.11.